The second-order valence-electron chi connectivity index (χ2n) is 16.6. The third-order valence-corrected chi connectivity index (χ3v) is 13.9. The number of ether oxygens (including phenoxy) is 1. The molecule has 0 aromatic heterocycles. The Labute approximate surface area is 274 Å². The molecule has 11 atom stereocenters. The molecular formula is C37H58O9. The maximum Gasteiger partial charge on any atom is 0.310 e. The molecule has 0 spiro atoms. The maximum atomic E-state index is 12.9. The highest BCUT2D eigenvalue weighted by atomic mass is 16.5. The standard InChI is InChI=1S/C37H58O9/c1-21(23(3)32(43)44)9-10-22(2)24-13-16-36(7)25-11-12-27-34(5,26(25)17-28(39)37(24,36)8)15-14-29(35(27,6)20-38)46-31(42)19-33(4,45)18-30(40)41/h22-24,27-29,38-39,45H,1,9-20H2,2-8H3,(H,40,41)(H,43,44)/t22?,23-,24+,27?,28-,29+,33?,34+,35+,36-,37-/m0/s1. The average molecular weight is 647 g/mol. The van der Waals surface area contributed by atoms with E-state index in [0.717, 1.165) is 44.1 Å². The van der Waals surface area contributed by atoms with Crippen LogP contribution in [0.15, 0.2) is 23.3 Å². The van der Waals surface area contributed by atoms with Crippen molar-refractivity contribution >= 4 is 17.9 Å². The molecule has 3 unspecified atom stereocenters. The lowest BCUT2D eigenvalue weighted by atomic mass is 9.42. The second kappa shape index (κ2) is 12.7. The van der Waals surface area contributed by atoms with Gasteiger partial charge in [0, 0.05) is 10.8 Å². The van der Waals surface area contributed by atoms with Crippen LogP contribution in [0, 0.1) is 45.3 Å². The molecule has 4 rings (SSSR count). The monoisotopic (exact) mass is 646 g/mol. The van der Waals surface area contributed by atoms with Gasteiger partial charge in [0.15, 0.2) is 0 Å². The van der Waals surface area contributed by atoms with Crippen molar-refractivity contribution in [3.8, 4) is 0 Å². The van der Waals surface area contributed by atoms with Gasteiger partial charge in [-0.25, -0.2) is 0 Å². The van der Waals surface area contributed by atoms with Crippen LogP contribution in [0.2, 0.25) is 0 Å². The van der Waals surface area contributed by atoms with Gasteiger partial charge in [0.25, 0.3) is 0 Å². The summed E-state index contributed by atoms with van der Waals surface area (Å²) >= 11 is 0. The first-order valence-corrected chi connectivity index (χ1v) is 17.2. The highest BCUT2D eigenvalue weighted by molar-refractivity contribution is 5.74. The van der Waals surface area contributed by atoms with Gasteiger partial charge in [-0.2, -0.15) is 0 Å². The van der Waals surface area contributed by atoms with Crippen LogP contribution in [-0.4, -0.2) is 67.9 Å². The number of hydrogen-bond acceptors (Lipinski definition) is 7. The molecule has 0 radical (unpaired) electrons. The molecule has 0 aromatic carbocycles. The Kier molecular flexibility index (Phi) is 10.1. The minimum absolute atomic E-state index is 0.00773. The van der Waals surface area contributed by atoms with E-state index in [-0.39, 0.29) is 34.7 Å². The zero-order chi connectivity index (χ0) is 34.6. The van der Waals surface area contributed by atoms with Crippen molar-refractivity contribution in [3.05, 3.63) is 23.3 Å². The van der Waals surface area contributed by atoms with Crippen LogP contribution in [-0.2, 0) is 19.1 Å². The van der Waals surface area contributed by atoms with Gasteiger partial charge >= 0.3 is 17.9 Å². The van der Waals surface area contributed by atoms with Crippen LogP contribution in [0.4, 0.5) is 0 Å². The molecule has 5 N–H and O–H groups in total. The topological polar surface area (TPSA) is 162 Å². The summed E-state index contributed by atoms with van der Waals surface area (Å²) in [5.41, 5.74) is 0.233. The molecule has 0 amide bonds. The van der Waals surface area contributed by atoms with Crippen LogP contribution in [0.25, 0.3) is 0 Å². The van der Waals surface area contributed by atoms with Gasteiger partial charge in [0.1, 0.15) is 6.10 Å². The molecule has 46 heavy (non-hydrogen) atoms. The quantitative estimate of drug-likeness (QED) is 0.128. The lowest BCUT2D eigenvalue weighted by Crippen LogP contribution is -2.60. The fourth-order valence-electron chi connectivity index (χ4n) is 10.8. The first kappa shape index (κ1) is 36.6. The largest absolute Gasteiger partial charge is 0.481 e. The summed E-state index contributed by atoms with van der Waals surface area (Å²) in [7, 11) is 0. The maximum absolute atomic E-state index is 12.9. The molecule has 4 aliphatic rings. The van der Waals surface area contributed by atoms with Crippen molar-refractivity contribution < 1.29 is 44.7 Å². The summed E-state index contributed by atoms with van der Waals surface area (Å²) in [5.74, 6) is -2.69. The molecule has 260 valence electrons. The van der Waals surface area contributed by atoms with Crippen LogP contribution < -0.4 is 0 Å². The molecule has 0 bridgehead atoms. The first-order valence-electron chi connectivity index (χ1n) is 17.2. The summed E-state index contributed by atoms with van der Waals surface area (Å²) in [6.45, 7) is 18.0. The van der Waals surface area contributed by atoms with E-state index in [1.807, 2.05) is 6.92 Å². The number of carbonyl (C=O) groups excluding carboxylic acids is 1. The molecule has 0 heterocycles. The zero-order valence-corrected chi connectivity index (χ0v) is 29.0. The Morgan fingerprint density at radius 1 is 1.02 bits per heavy atom. The lowest BCUT2D eigenvalue weighted by molar-refractivity contribution is -0.183. The third-order valence-electron chi connectivity index (χ3n) is 13.9. The Bertz CT molecular complexity index is 1270. The van der Waals surface area contributed by atoms with E-state index in [9.17, 15) is 34.8 Å². The molecular weight excluding hydrogens is 588 g/mol. The molecule has 2 saturated carbocycles. The summed E-state index contributed by atoms with van der Waals surface area (Å²) in [5, 5.41) is 51.9. The number of aliphatic hydroxyl groups is 3. The number of hydrogen-bond donors (Lipinski definition) is 5. The van der Waals surface area contributed by atoms with Crippen molar-refractivity contribution in [3.63, 3.8) is 0 Å². The number of carboxylic acids is 2. The van der Waals surface area contributed by atoms with Gasteiger partial charge in [-0.05, 0) is 100 Å². The molecule has 9 heteroatoms. The fourth-order valence-corrected chi connectivity index (χ4v) is 10.8. The van der Waals surface area contributed by atoms with Gasteiger partial charge in [-0.1, -0.05) is 57.9 Å². The zero-order valence-electron chi connectivity index (χ0n) is 29.0. The highest BCUT2D eigenvalue weighted by Gasteiger charge is 2.67. The van der Waals surface area contributed by atoms with Gasteiger partial charge in [-0.15, -0.1) is 0 Å². The van der Waals surface area contributed by atoms with Crippen LogP contribution >= 0.6 is 0 Å². The number of carboxylic acid groups (broad SMARTS) is 2. The number of fused-ring (bicyclic) bond motifs is 4. The Balaban J connectivity index is 1.58. The SMILES string of the molecule is C=C(CCC(C)[C@H]1CC[C@@]2(C)C3=C(C[C@H](O)[C@]12C)[C@@]1(C)CC[C@@H](OC(=O)CC(C)(O)CC(=O)O)[C@](C)(CO)C1CC3)[C@H](C)C(=O)O. The van der Waals surface area contributed by atoms with Crippen molar-refractivity contribution in [2.24, 2.45) is 45.3 Å². The second-order valence-corrected chi connectivity index (χ2v) is 16.6. The number of carbonyl (C=O) groups is 3. The Morgan fingerprint density at radius 3 is 2.26 bits per heavy atom. The normalized spacial score (nSPS) is 39.7. The van der Waals surface area contributed by atoms with Crippen molar-refractivity contribution in [2.75, 3.05) is 6.61 Å². The summed E-state index contributed by atoms with van der Waals surface area (Å²) < 4.78 is 5.92. The Hall–Kier alpha value is -2.23. The number of rotatable bonds is 12. The van der Waals surface area contributed by atoms with Gasteiger partial charge in [-0.3, -0.25) is 14.4 Å². The summed E-state index contributed by atoms with van der Waals surface area (Å²) in [4.78, 5) is 35.5. The Morgan fingerprint density at radius 2 is 1.67 bits per heavy atom. The lowest BCUT2D eigenvalue weighted by Gasteiger charge is -2.63. The molecule has 9 nitrogen and oxygen atoms in total. The predicted octanol–water partition coefficient (Wildman–Crippen LogP) is 5.90. The van der Waals surface area contributed by atoms with Crippen molar-refractivity contribution in [1.29, 1.82) is 0 Å². The van der Waals surface area contributed by atoms with E-state index in [4.69, 9.17) is 9.84 Å². The molecule has 0 saturated heterocycles. The van der Waals surface area contributed by atoms with Crippen molar-refractivity contribution in [2.45, 2.75) is 137 Å². The number of aliphatic hydroxyl groups excluding tert-OH is 2. The van der Waals surface area contributed by atoms with E-state index < -0.39 is 59.9 Å². The average Bonchev–Trinajstić information content (AvgIpc) is 3.24. The van der Waals surface area contributed by atoms with Crippen LogP contribution in [0.3, 0.4) is 0 Å². The van der Waals surface area contributed by atoms with Crippen LogP contribution in [0.1, 0.15) is 119 Å². The van der Waals surface area contributed by atoms with E-state index in [1.165, 1.54) is 18.1 Å². The van der Waals surface area contributed by atoms with E-state index in [2.05, 4.69) is 34.3 Å². The van der Waals surface area contributed by atoms with E-state index in [1.54, 1.807) is 6.92 Å². The molecule has 0 aliphatic heterocycles. The molecule has 4 aliphatic carbocycles. The minimum Gasteiger partial charge on any atom is -0.481 e. The fraction of sp³-hybridized carbons (Fsp3) is 0.811. The third kappa shape index (κ3) is 5.98. The predicted molar refractivity (Wildman–Crippen MR) is 174 cm³/mol. The number of esters is 1. The van der Waals surface area contributed by atoms with E-state index >= 15 is 0 Å². The number of aliphatic carboxylic acids is 2. The van der Waals surface area contributed by atoms with Crippen molar-refractivity contribution in [1.82, 2.24) is 0 Å². The first-order chi connectivity index (χ1) is 21.2. The van der Waals surface area contributed by atoms with Gasteiger partial charge in [0.2, 0.25) is 0 Å². The van der Waals surface area contributed by atoms with E-state index in [0.29, 0.717) is 25.2 Å². The summed E-state index contributed by atoms with van der Waals surface area (Å²) in [6, 6.07) is 0. The molecule has 2 fully saturated rings. The smallest absolute Gasteiger partial charge is 0.310 e. The highest BCUT2D eigenvalue weighted by Crippen LogP contribution is 2.72. The van der Waals surface area contributed by atoms with Crippen LogP contribution in [0.5, 0.6) is 0 Å². The van der Waals surface area contributed by atoms with Gasteiger partial charge < -0.3 is 30.3 Å². The van der Waals surface area contributed by atoms with Gasteiger partial charge in [0.05, 0.1) is 37.1 Å². The summed E-state index contributed by atoms with van der Waals surface area (Å²) in [6.07, 6.45) is 4.86. The number of allylic oxidation sites excluding steroid dienone is 1. The molecule has 0 aromatic rings. The minimum atomic E-state index is -1.73.